The Hall–Kier alpha value is -2.54. The number of hydrogen-bond donors (Lipinski definition) is 2. The molecule has 2 rings (SSSR count). The quantitative estimate of drug-likeness (QED) is 0.402. The van der Waals surface area contributed by atoms with E-state index in [0.717, 1.165) is 29.0 Å². The molecule has 0 bridgehead atoms. The highest BCUT2D eigenvalue weighted by Gasteiger charge is 2.10. The van der Waals surface area contributed by atoms with Crippen molar-refractivity contribution in [2.75, 3.05) is 26.0 Å². The topological polar surface area (TPSA) is 79.8 Å². The summed E-state index contributed by atoms with van der Waals surface area (Å²) in [5.41, 5.74) is 2.80. The molecule has 0 aliphatic carbocycles. The van der Waals surface area contributed by atoms with Crippen LogP contribution in [-0.4, -0.2) is 40.3 Å². The average Bonchev–Trinajstić information content (AvgIpc) is 2.63. The zero-order valence-electron chi connectivity index (χ0n) is 17.0. The van der Waals surface area contributed by atoms with Crippen LogP contribution in [0.25, 0.3) is 0 Å². The van der Waals surface area contributed by atoms with Crippen LogP contribution in [-0.2, 0) is 16.4 Å². The van der Waals surface area contributed by atoms with Crippen LogP contribution in [0.4, 0.5) is 0 Å². The Bertz CT molecular complexity index is 924. The van der Waals surface area contributed by atoms with Gasteiger partial charge in [0, 0.05) is 12.8 Å². The Morgan fingerprint density at radius 1 is 1.07 bits per heavy atom. The maximum atomic E-state index is 11.7. The Kier molecular flexibility index (Phi) is 7.87. The maximum absolute atomic E-state index is 11.7. The van der Waals surface area contributed by atoms with Crippen LogP contribution < -0.4 is 15.4 Å². The Balaban J connectivity index is 1.93. The molecule has 2 aromatic carbocycles. The summed E-state index contributed by atoms with van der Waals surface area (Å²) < 4.78 is 29.2. The molecule has 28 heavy (non-hydrogen) atoms. The van der Waals surface area contributed by atoms with Gasteiger partial charge in [-0.1, -0.05) is 30.3 Å². The summed E-state index contributed by atoms with van der Waals surface area (Å²) >= 11 is 0. The van der Waals surface area contributed by atoms with Gasteiger partial charge in [0.05, 0.1) is 18.0 Å². The van der Waals surface area contributed by atoms with Crippen molar-refractivity contribution >= 4 is 15.8 Å². The van der Waals surface area contributed by atoms with Crippen LogP contribution >= 0.6 is 0 Å². The van der Waals surface area contributed by atoms with Crippen LogP contribution in [0.2, 0.25) is 0 Å². The molecule has 0 heterocycles. The third-order valence-corrected chi connectivity index (χ3v) is 5.41. The molecule has 7 heteroatoms. The number of benzene rings is 2. The number of aliphatic imine (C=N–C) groups is 1. The van der Waals surface area contributed by atoms with E-state index in [0.29, 0.717) is 30.6 Å². The highest BCUT2D eigenvalue weighted by atomic mass is 32.2. The summed E-state index contributed by atoms with van der Waals surface area (Å²) in [6, 6.07) is 13.2. The molecule has 0 aliphatic heterocycles. The van der Waals surface area contributed by atoms with E-state index in [1.165, 1.54) is 6.26 Å². The van der Waals surface area contributed by atoms with Gasteiger partial charge in [0.1, 0.15) is 12.4 Å². The average molecular weight is 404 g/mol. The van der Waals surface area contributed by atoms with Gasteiger partial charge in [0.2, 0.25) is 0 Å². The normalized spacial score (nSPS) is 11.9. The van der Waals surface area contributed by atoms with Crippen LogP contribution in [0, 0.1) is 13.8 Å². The summed E-state index contributed by atoms with van der Waals surface area (Å²) in [7, 11) is -3.21. The fraction of sp³-hybridized carbons (Fsp3) is 0.381. The second kappa shape index (κ2) is 10.1. The third-order valence-electron chi connectivity index (χ3n) is 4.15. The van der Waals surface area contributed by atoms with Crippen LogP contribution in [0.15, 0.2) is 52.4 Å². The van der Waals surface area contributed by atoms with Crippen molar-refractivity contribution in [3.63, 3.8) is 0 Å². The first-order chi connectivity index (χ1) is 13.3. The number of aryl methyl sites for hydroxylation is 2. The summed E-state index contributed by atoms with van der Waals surface area (Å²) in [5.74, 6) is 1.58. The van der Waals surface area contributed by atoms with Gasteiger partial charge in [-0.2, -0.15) is 0 Å². The number of ether oxygens (including phenoxy) is 1. The smallest absolute Gasteiger partial charge is 0.191 e. The van der Waals surface area contributed by atoms with Crippen LogP contribution in [0.1, 0.15) is 23.6 Å². The molecule has 2 N–H and O–H groups in total. The fourth-order valence-corrected chi connectivity index (χ4v) is 3.75. The predicted molar refractivity (Wildman–Crippen MR) is 114 cm³/mol. The lowest BCUT2D eigenvalue weighted by molar-refractivity contribution is 0.320. The van der Waals surface area contributed by atoms with E-state index in [9.17, 15) is 8.42 Å². The first kappa shape index (κ1) is 21.8. The first-order valence-electron chi connectivity index (χ1n) is 9.31. The second-order valence-corrected chi connectivity index (χ2v) is 8.59. The SMILES string of the molecule is CCNC(=NCc1ccc(S(C)(=O)=O)c(C)c1)NCCOc1ccccc1C. The minimum absolute atomic E-state index is 0.360. The summed E-state index contributed by atoms with van der Waals surface area (Å²) in [5, 5.41) is 6.45. The van der Waals surface area contributed by atoms with Crippen molar-refractivity contribution in [2.45, 2.75) is 32.2 Å². The molecule has 2 aromatic rings. The van der Waals surface area contributed by atoms with Gasteiger partial charge in [0.25, 0.3) is 0 Å². The molecule has 0 unspecified atom stereocenters. The van der Waals surface area contributed by atoms with Crippen LogP contribution in [0.3, 0.4) is 0 Å². The molecule has 0 radical (unpaired) electrons. The fourth-order valence-electron chi connectivity index (χ4n) is 2.79. The number of nitrogens with one attached hydrogen (secondary N) is 2. The first-order valence-corrected chi connectivity index (χ1v) is 11.2. The zero-order chi connectivity index (χ0) is 20.6. The van der Waals surface area contributed by atoms with E-state index in [1.54, 1.807) is 19.1 Å². The van der Waals surface area contributed by atoms with Crippen molar-refractivity contribution in [3.8, 4) is 5.75 Å². The number of para-hydroxylation sites is 1. The molecule has 0 saturated carbocycles. The van der Waals surface area contributed by atoms with Gasteiger partial charge in [-0.25, -0.2) is 13.4 Å². The lowest BCUT2D eigenvalue weighted by atomic mass is 10.1. The van der Waals surface area contributed by atoms with E-state index < -0.39 is 9.84 Å². The van der Waals surface area contributed by atoms with E-state index in [2.05, 4.69) is 15.6 Å². The Labute approximate surface area is 168 Å². The maximum Gasteiger partial charge on any atom is 0.191 e. The van der Waals surface area contributed by atoms with Gasteiger partial charge < -0.3 is 15.4 Å². The van der Waals surface area contributed by atoms with E-state index >= 15 is 0 Å². The highest BCUT2D eigenvalue weighted by Crippen LogP contribution is 2.17. The highest BCUT2D eigenvalue weighted by molar-refractivity contribution is 7.90. The van der Waals surface area contributed by atoms with Gasteiger partial charge >= 0.3 is 0 Å². The van der Waals surface area contributed by atoms with E-state index in [-0.39, 0.29) is 0 Å². The Morgan fingerprint density at radius 2 is 1.82 bits per heavy atom. The monoisotopic (exact) mass is 403 g/mol. The molecule has 152 valence electrons. The third kappa shape index (κ3) is 6.56. The molecular formula is C21H29N3O3S. The van der Waals surface area contributed by atoms with Gasteiger partial charge in [0.15, 0.2) is 15.8 Å². The van der Waals surface area contributed by atoms with Crippen molar-refractivity contribution in [1.29, 1.82) is 0 Å². The molecule has 0 spiro atoms. The van der Waals surface area contributed by atoms with E-state index in [4.69, 9.17) is 4.74 Å². The summed E-state index contributed by atoms with van der Waals surface area (Å²) in [4.78, 5) is 4.93. The molecule has 0 atom stereocenters. The standard InChI is InChI=1S/C21H29N3O3S/c1-5-22-21(23-12-13-27-19-9-7-6-8-16(19)2)24-15-18-10-11-20(17(3)14-18)28(4,25)26/h6-11,14H,5,12-13,15H2,1-4H3,(H2,22,23,24). The molecule has 0 amide bonds. The number of nitrogens with zero attached hydrogens (tertiary/aromatic N) is 1. The van der Waals surface area contributed by atoms with Gasteiger partial charge in [-0.05, 0) is 49.6 Å². The minimum Gasteiger partial charge on any atom is -0.491 e. The number of hydrogen-bond acceptors (Lipinski definition) is 4. The van der Waals surface area contributed by atoms with Crippen molar-refractivity contribution in [3.05, 3.63) is 59.2 Å². The van der Waals surface area contributed by atoms with Gasteiger partial charge in [-0.3, -0.25) is 0 Å². The molecular weight excluding hydrogens is 374 g/mol. The van der Waals surface area contributed by atoms with Crippen molar-refractivity contribution in [1.82, 2.24) is 10.6 Å². The summed E-state index contributed by atoms with van der Waals surface area (Å²) in [6.45, 7) is 8.17. The van der Waals surface area contributed by atoms with Gasteiger partial charge in [-0.15, -0.1) is 0 Å². The molecule has 0 aromatic heterocycles. The zero-order valence-corrected chi connectivity index (χ0v) is 17.8. The molecule has 6 nitrogen and oxygen atoms in total. The van der Waals surface area contributed by atoms with E-state index in [1.807, 2.05) is 44.2 Å². The number of rotatable bonds is 8. The molecule has 0 aliphatic rings. The number of guanidine groups is 1. The second-order valence-electron chi connectivity index (χ2n) is 6.61. The van der Waals surface area contributed by atoms with Crippen LogP contribution in [0.5, 0.6) is 5.75 Å². The number of sulfone groups is 1. The van der Waals surface area contributed by atoms with Crippen molar-refractivity contribution in [2.24, 2.45) is 4.99 Å². The largest absolute Gasteiger partial charge is 0.491 e. The summed E-state index contributed by atoms with van der Waals surface area (Å²) in [6.07, 6.45) is 1.22. The van der Waals surface area contributed by atoms with Crippen molar-refractivity contribution < 1.29 is 13.2 Å². The lowest BCUT2D eigenvalue weighted by Crippen LogP contribution is -2.39. The minimum atomic E-state index is -3.21. The predicted octanol–water partition coefficient (Wildman–Crippen LogP) is 2.84. The molecule has 0 fully saturated rings. The molecule has 0 saturated heterocycles. The Morgan fingerprint density at radius 3 is 2.46 bits per heavy atom. The lowest BCUT2D eigenvalue weighted by Gasteiger charge is -2.13.